The Labute approximate surface area is 118 Å². The van der Waals surface area contributed by atoms with Gasteiger partial charge < -0.3 is 10.1 Å². The second kappa shape index (κ2) is 6.13. The maximum atomic E-state index is 6.20. The van der Waals surface area contributed by atoms with E-state index in [4.69, 9.17) is 4.74 Å². The van der Waals surface area contributed by atoms with E-state index in [0.29, 0.717) is 5.60 Å². The first-order chi connectivity index (χ1) is 9.31. The lowest BCUT2D eigenvalue weighted by atomic mass is 9.79. The fourth-order valence-electron chi connectivity index (χ4n) is 4.26. The summed E-state index contributed by atoms with van der Waals surface area (Å²) in [5, 5.41) is 3.86. The molecule has 1 heterocycles. The van der Waals surface area contributed by atoms with Crippen LogP contribution in [0.25, 0.3) is 0 Å². The lowest BCUT2D eigenvalue weighted by Crippen LogP contribution is -2.46. The Bertz CT molecular complexity index is 281. The molecular weight excluding hydrogens is 234 g/mol. The molecule has 3 fully saturated rings. The zero-order chi connectivity index (χ0) is 13.1. The Morgan fingerprint density at radius 1 is 1.21 bits per heavy atom. The van der Waals surface area contributed by atoms with Crippen molar-refractivity contribution in [3.63, 3.8) is 0 Å². The molecule has 2 saturated carbocycles. The molecule has 110 valence electrons. The first kappa shape index (κ1) is 13.9. The van der Waals surface area contributed by atoms with Gasteiger partial charge in [-0.1, -0.05) is 32.6 Å². The molecule has 1 spiro atoms. The molecule has 1 saturated heterocycles. The van der Waals surface area contributed by atoms with Crippen LogP contribution in [0.3, 0.4) is 0 Å². The molecule has 2 nitrogen and oxygen atoms in total. The normalized spacial score (nSPS) is 31.7. The van der Waals surface area contributed by atoms with Crippen molar-refractivity contribution in [2.75, 3.05) is 13.2 Å². The van der Waals surface area contributed by atoms with Crippen LogP contribution in [-0.2, 0) is 4.74 Å². The van der Waals surface area contributed by atoms with Crippen LogP contribution >= 0.6 is 0 Å². The van der Waals surface area contributed by atoms with Gasteiger partial charge in [-0.2, -0.15) is 0 Å². The molecule has 0 radical (unpaired) electrons. The summed E-state index contributed by atoms with van der Waals surface area (Å²) < 4.78 is 6.20. The molecule has 2 heteroatoms. The Morgan fingerprint density at radius 3 is 2.68 bits per heavy atom. The van der Waals surface area contributed by atoms with Gasteiger partial charge in [0.25, 0.3) is 0 Å². The van der Waals surface area contributed by atoms with Crippen molar-refractivity contribution in [3.8, 4) is 0 Å². The smallest absolute Gasteiger partial charge is 0.0685 e. The molecular formula is C17H31NO. The van der Waals surface area contributed by atoms with Crippen LogP contribution in [0.5, 0.6) is 0 Å². The summed E-state index contributed by atoms with van der Waals surface area (Å²) in [6.07, 6.45) is 13.7. The molecule has 2 aliphatic carbocycles. The van der Waals surface area contributed by atoms with Crippen LogP contribution in [0.15, 0.2) is 0 Å². The molecule has 0 aromatic heterocycles. The molecule has 19 heavy (non-hydrogen) atoms. The maximum absolute atomic E-state index is 6.20. The van der Waals surface area contributed by atoms with Crippen LogP contribution in [0.4, 0.5) is 0 Å². The molecule has 3 aliphatic rings. The summed E-state index contributed by atoms with van der Waals surface area (Å²) in [5.41, 5.74) is 0.290. The molecule has 0 bridgehead atoms. The summed E-state index contributed by atoms with van der Waals surface area (Å²) in [6, 6.07) is 0.772. The Kier molecular flexibility index (Phi) is 4.48. The Morgan fingerprint density at radius 2 is 2.00 bits per heavy atom. The van der Waals surface area contributed by atoms with Crippen molar-refractivity contribution in [2.45, 2.75) is 82.8 Å². The standard InChI is InChI=1S/C17H31NO/c1-2-10-18-16(12-14-5-6-14)15-7-11-19-17(13-15)8-3-4-9-17/h14-16,18H,2-13H2,1H3. The summed E-state index contributed by atoms with van der Waals surface area (Å²) in [7, 11) is 0. The van der Waals surface area contributed by atoms with Crippen molar-refractivity contribution >= 4 is 0 Å². The van der Waals surface area contributed by atoms with Crippen LogP contribution in [0.2, 0.25) is 0 Å². The average molecular weight is 265 g/mol. The van der Waals surface area contributed by atoms with Gasteiger partial charge >= 0.3 is 0 Å². The SMILES string of the molecule is CCCNC(CC1CC1)C1CCOC2(CCCC2)C1. The van der Waals surface area contributed by atoms with E-state index in [1.165, 1.54) is 70.8 Å². The minimum absolute atomic E-state index is 0.290. The van der Waals surface area contributed by atoms with Crippen molar-refractivity contribution in [3.05, 3.63) is 0 Å². The van der Waals surface area contributed by atoms with Gasteiger partial charge in [0.2, 0.25) is 0 Å². The van der Waals surface area contributed by atoms with Gasteiger partial charge in [-0.3, -0.25) is 0 Å². The fourth-order valence-corrected chi connectivity index (χ4v) is 4.26. The average Bonchev–Trinajstić information content (AvgIpc) is 3.15. The number of nitrogens with one attached hydrogen (secondary N) is 1. The maximum Gasteiger partial charge on any atom is 0.0685 e. The Balaban J connectivity index is 1.59. The highest BCUT2D eigenvalue weighted by atomic mass is 16.5. The second-order valence-corrected chi connectivity index (χ2v) is 7.23. The van der Waals surface area contributed by atoms with Crippen LogP contribution in [0, 0.1) is 11.8 Å². The van der Waals surface area contributed by atoms with Crippen molar-refractivity contribution < 1.29 is 4.74 Å². The Hall–Kier alpha value is -0.0800. The zero-order valence-electron chi connectivity index (χ0n) is 12.6. The predicted octanol–water partition coefficient (Wildman–Crippen LogP) is 3.89. The van der Waals surface area contributed by atoms with E-state index in [0.717, 1.165) is 24.5 Å². The molecule has 0 aromatic rings. The summed E-state index contributed by atoms with van der Waals surface area (Å²) in [5.74, 6) is 1.91. The third-order valence-corrected chi connectivity index (χ3v) is 5.56. The van der Waals surface area contributed by atoms with Crippen LogP contribution < -0.4 is 5.32 Å². The highest BCUT2D eigenvalue weighted by Gasteiger charge is 2.42. The second-order valence-electron chi connectivity index (χ2n) is 7.23. The van der Waals surface area contributed by atoms with E-state index >= 15 is 0 Å². The van der Waals surface area contributed by atoms with Crippen molar-refractivity contribution in [1.29, 1.82) is 0 Å². The number of ether oxygens (including phenoxy) is 1. The molecule has 0 aromatic carbocycles. The van der Waals surface area contributed by atoms with E-state index in [2.05, 4.69) is 12.2 Å². The lowest BCUT2D eigenvalue weighted by molar-refractivity contribution is -0.0984. The monoisotopic (exact) mass is 265 g/mol. The first-order valence-electron chi connectivity index (χ1n) is 8.69. The summed E-state index contributed by atoms with van der Waals surface area (Å²) in [4.78, 5) is 0. The molecule has 2 atom stereocenters. The number of hydrogen-bond acceptors (Lipinski definition) is 2. The van der Waals surface area contributed by atoms with Gasteiger partial charge in [0.15, 0.2) is 0 Å². The summed E-state index contributed by atoms with van der Waals surface area (Å²) >= 11 is 0. The zero-order valence-corrected chi connectivity index (χ0v) is 12.6. The van der Waals surface area contributed by atoms with E-state index in [1.54, 1.807) is 0 Å². The summed E-state index contributed by atoms with van der Waals surface area (Å²) in [6.45, 7) is 4.49. The van der Waals surface area contributed by atoms with Gasteiger partial charge in [-0.05, 0) is 56.9 Å². The van der Waals surface area contributed by atoms with Gasteiger partial charge in [-0.25, -0.2) is 0 Å². The molecule has 0 amide bonds. The fraction of sp³-hybridized carbons (Fsp3) is 1.00. The lowest BCUT2D eigenvalue weighted by Gasteiger charge is -2.41. The predicted molar refractivity (Wildman–Crippen MR) is 79.3 cm³/mol. The van der Waals surface area contributed by atoms with Crippen LogP contribution in [0.1, 0.15) is 71.1 Å². The molecule has 1 aliphatic heterocycles. The van der Waals surface area contributed by atoms with Gasteiger partial charge in [0.1, 0.15) is 0 Å². The van der Waals surface area contributed by atoms with Crippen molar-refractivity contribution in [2.24, 2.45) is 11.8 Å². The molecule has 2 unspecified atom stereocenters. The highest BCUT2D eigenvalue weighted by Crippen LogP contribution is 2.44. The van der Waals surface area contributed by atoms with E-state index in [1.807, 2.05) is 0 Å². The minimum atomic E-state index is 0.290. The molecule has 3 rings (SSSR count). The topological polar surface area (TPSA) is 21.3 Å². The van der Waals surface area contributed by atoms with Gasteiger partial charge in [0, 0.05) is 12.6 Å². The third-order valence-electron chi connectivity index (χ3n) is 5.56. The number of rotatable bonds is 6. The van der Waals surface area contributed by atoms with E-state index in [9.17, 15) is 0 Å². The van der Waals surface area contributed by atoms with E-state index in [-0.39, 0.29) is 0 Å². The van der Waals surface area contributed by atoms with Crippen LogP contribution in [-0.4, -0.2) is 24.8 Å². The first-order valence-corrected chi connectivity index (χ1v) is 8.69. The van der Waals surface area contributed by atoms with Gasteiger partial charge in [0.05, 0.1) is 5.60 Å². The molecule has 1 N–H and O–H groups in total. The van der Waals surface area contributed by atoms with Crippen molar-refractivity contribution in [1.82, 2.24) is 5.32 Å². The highest BCUT2D eigenvalue weighted by molar-refractivity contribution is 4.95. The third kappa shape index (κ3) is 3.52. The minimum Gasteiger partial charge on any atom is -0.375 e. The quantitative estimate of drug-likeness (QED) is 0.786. The number of hydrogen-bond donors (Lipinski definition) is 1. The van der Waals surface area contributed by atoms with Gasteiger partial charge in [-0.15, -0.1) is 0 Å². The largest absolute Gasteiger partial charge is 0.375 e. The van der Waals surface area contributed by atoms with E-state index < -0.39 is 0 Å².